The van der Waals surface area contributed by atoms with Gasteiger partial charge in [-0.05, 0) is 12.0 Å². The molecule has 1 fully saturated rings. The van der Waals surface area contributed by atoms with Gasteiger partial charge in [-0.3, -0.25) is 4.57 Å². The number of anilines is 1. The summed E-state index contributed by atoms with van der Waals surface area (Å²) in [5, 5.41) is 32.9. The number of nitrogen functional groups attached to an aromatic ring is 1. The number of imidazole rings is 1. The molecule has 30 heavy (non-hydrogen) atoms. The van der Waals surface area contributed by atoms with Crippen LogP contribution >= 0.6 is 0 Å². The number of rotatable bonds is 7. The first-order valence-electron chi connectivity index (χ1n) is 10.1. The average molecular weight is 413 g/mol. The van der Waals surface area contributed by atoms with Crippen LogP contribution in [0.2, 0.25) is 0 Å². The van der Waals surface area contributed by atoms with Crippen LogP contribution in [0, 0.1) is 0 Å². The van der Waals surface area contributed by atoms with Gasteiger partial charge < -0.3 is 25.8 Å². The molecule has 3 heterocycles. The summed E-state index contributed by atoms with van der Waals surface area (Å²) < 4.78 is 7.92. The highest BCUT2D eigenvalue weighted by Gasteiger charge is 2.65. The number of aliphatic hydroxyl groups excluding tert-OH is 2. The van der Waals surface area contributed by atoms with Gasteiger partial charge in [0.25, 0.3) is 0 Å². The summed E-state index contributed by atoms with van der Waals surface area (Å²) in [5.74, 6) is 0.211. The minimum absolute atomic E-state index is 0.211. The molecule has 0 saturated carbocycles. The highest BCUT2D eigenvalue weighted by Crippen LogP contribution is 2.49. The summed E-state index contributed by atoms with van der Waals surface area (Å²) in [7, 11) is 0. The van der Waals surface area contributed by atoms with E-state index in [1.165, 1.54) is 12.7 Å². The summed E-state index contributed by atoms with van der Waals surface area (Å²) in [6.07, 6.45) is 2.55. The van der Waals surface area contributed by atoms with Gasteiger partial charge in [-0.1, -0.05) is 50.1 Å². The van der Waals surface area contributed by atoms with E-state index in [-0.39, 0.29) is 18.7 Å². The Labute approximate surface area is 174 Å². The molecule has 9 heteroatoms. The fraction of sp³-hybridized carbons (Fsp3) is 0.476. The Morgan fingerprint density at radius 1 is 1.20 bits per heavy atom. The molecule has 4 atom stereocenters. The monoisotopic (exact) mass is 413 g/mol. The highest BCUT2D eigenvalue weighted by molar-refractivity contribution is 5.81. The molecule has 0 aliphatic carbocycles. The largest absolute Gasteiger partial charge is 0.394 e. The fourth-order valence-corrected chi connectivity index (χ4v) is 4.42. The van der Waals surface area contributed by atoms with Crippen molar-refractivity contribution in [2.75, 3.05) is 12.3 Å². The van der Waals surface area contributed by atoms with Gasteiger partial charge in [0.15, 0.2) is 17.2 Å². The van der Waals surface area contributed by atoms with Crippen LogP contribution in [0.25, 0.3) is 11.2 Å². The van der Waals surface area contributed by atoms with E-state index in [0.29, 0.717) is 17.6 Å². The Balaban J connectivity index is 1.96. The molecule has 0 amide bonds. The fourth-order valence-electron chi connectivity index (χ4n) is 4.42. The number of fused-ring (bicyclic) bond motifs is 1. The molecule has 160 valence electrons. The molecule has 4 rings (SSSR count). The van der Waals surface area contributed by atoms with Crippen LogP contribution in [-0.4, -0.2) is 59.3 Å². The molecule has 1 aliphatic rings. The van der Waals surface area contributed by atoms with E-state index < -0.39 is 30.1 Å². The van der Waals surface area contributed by atoms with E-state index in [2.05, 4.69) is 15.0 Å². The van der Waals surface area contributed by atoms with Crippen LogP contribution < -0.4 is 5.73 Å². The van der Waals surface area contributed by atoms with Crippen LogP contribution in [-0.2, 0) is 16.9 Å². The van der Waals surface area contributed by atoms with Crippen LogP contribution in [0.3, 0.4) is 0 Å². The lowest BCUT2D eigenvalue weighted by Crippen LogP contribution is -2.58. The number of hydrogen-bond donors (Lipinski definition) is 4. The van der Waals surface area contributed by atoms with Crippen LogP contribution in [0.1, 0.15) is 31.7 Å². The number of nitrogens with zero attached hydrogens (tertiary/aromatic N) is 4. The van der Waals surface area contributed by atoms with Crippen molar-refractivity contribution in [3.8, 4) is 0 Å². The smallest absolute Gasteiger partial charge is 0.183 e. The van der Waals surface area contributed by atoms with E-state index in [1.807, 2.05) is 37.3 Å². The summed E-state index contributed by atoms with van der Waals surface area (Å²) in [4.78, 5) is 12.7. The molecule has 5 N–H and O–H groups in total. The van der Waals surface area contributed by atoms with Gasteiger partial charge in [0.05, 0.1) is 12.9 Å². The first-order valence-corrected chi connectivity index (χ1v) is 10.1. The lowest BCUT2D eigenvalue weighted by molar-refractivity contribution is -0.197. The second kappa shape index (κ2) is 7.92. The van der Waals surface area contributed by atoms with Crippen molar-refractivity contribution in [2.45, 2.75) is 56.1 Å². The van der Waals surface area contributed by atoms with E-state index >= 15 is 0 Å². The third kappa shape index (κ3) is 3.05. The highest BCUT2D eigenvalue weighted by atomic mass is 16.6. The second-order valence-electron chi connectivity index (χ2n) is 7.80. The van der Waals surface area contributed by atoms with Crippen molar-refractivity contribution in [1.82, 2.24) is 19.5 Å². The van der Waals surface area contributed by atoms with E-state index in [4.69, 9.17) is 10.5 Å². The number of hydrogen-bond acceptors (Lipinski definition) is 8. The van der Waals surface area contributed by atoms with Gasteiger partial charge in [-0.25, -0.2) is 15.0 Å². The maximum atomic E-state index is 12.0. The quantitative estimate of drug-likeness (QED) is 0.449. The minimum Gasteiger partial charge on any atom is -0.394 e. The van der Waals surface area contributed by atoms with Crippen molar-refractivity contribution in [1.29, 1.82) is 0 Å². The summed E-state index contributed by atoms with van der Waals surface area (Å²) in [6, 6.07) is 9.55. The van der Waals surface area contributed by atoms with E-state index in [9.17, 15) is 15.3 Å². The van der Waals surface area contributed by atoms with Crippen molar-refractivity contribution in [3.63, 3.8) is 0 Å². The summed E-state index contributed by atoms with van der Waals surface area (Å²) in [5.41, 5.74) is 4.49. The topological polar surface area (TPSA) is 140 Å². The minimum atomic E-state index is -1.69. The number of aromatic nitrogens is 4. The zero-order valence-corrected chi connectivity index (χ0v) is 16.8. The standard InChI is InChI=1S/C21H27N5O4/c1-2-3-9-20(29)17(28)15(11-27)30-21(20,10-14-7-5-4-6-8-14)26-13-25-16-18(22)23-12-24-19(16)26/h4-8,12-13,15,17,27-29H,2-3,9-11H2,1H3,(H2,22,23,24)/t15-,17-,20-,21-/m1/s1. The number of nitrogens with two attached hydrogens (primary N) is 1. The van der Waals surface area contributed by atoms with Gasteiger partial charge >= 0.3 is 0 Å². The Hall–Kier alpha value is -2.59. The number of ether oxygens (including phenoxy) is 1. The zero-order chi connectivity index (χ0) is 21.4. The average Bonchev–Trinajstić information content (AvgIpc) is 3.28. The number of unbranched alkanes of at least 4 members (excludes halogenated alkanes) is 1. The number of aliphatic hydroxyl groups is 3. The van der Waals surface area contributed by atoms with Gasteiger partial charge in [0.2, 0.25) is 0 Å². The van der Waals surface area contributed by atoms with Gasteiger partial charge in [-0.2, -0.15) is 0 Å². The van der Waals surface area contributed by atoms with Gasteiger partial charge in [-0.15, -0.1) is 0 Å². The maximum absolute atomic E-state index is 12.0. The maximum Gasteiger partial charge on any atom is 0.183 e. The normalized spacial score (nSPS) is 28.9. The predicted octanol–water partition coefficient (Wildman–Crippen LogP) is 0.977. The lowest BCUT2D eigenvalue weighted by Gasteiger charge is -2.43. The summed E-state index contributed by atoms with van der Waals surface area (Å²) >= 11 is 0. The summed E-state index contributed by atoms with van der Waals surface area (Å²) in [6.45, 7) is 1.57. The molecular formula is C21H27N5O4. The Morgan fingerprint density at radius 3 is 2.67 bits per heavy atom. The van der Waals surface area contributed by atoms with Crippen LogP contribution in [0.4, 0.5) is 5.82 Å². The molecule has 0 spiro atoms. The molecule has 2 aromatic heterocycles. The van der Waals surface area contributed by atoms with Crippen molar-refractivity contribution >= 4 is 17.0 Å². The van der Waals surface area contributed by atoms with Crippen LogP contribution in [0.15, 0.2) is 43.0 Å². The number of benzene rings is 1. The first-order chi connectivity index (χ1) is 14.5. The molecule has 0 bridgehead atoms. The molecule has 0 unspecified atom stereocenters. The van der Waals surface area contributed by atoms with Crippen molar-refractivity contribution < 1.29 is 20.1 Å². The molecule has 1 saturated heterocycles. The zero-order valence-electron chi connectivity index (χ0n) is 16.8. The third-order valence-corrected chi connectivity index (χ3v) is 5.99. The molecular weight excluding hydrogens is 386 g/mol. The lowest BCUT2D eigenvalue weighted by atomic mass is 9.78. The van der Waals surface area contributed by atoms with Crippen molar-refractivity contribution in [3.05, 3.63) is 48.5 Å². The molecule has 0 radical (unpaired) electrons. The Kier molecular flexibility index (Phi) is 5.46. The van der Waals surface area contributed by atoms with Gasteiger partial charge in [0.1, 0.15) is 29.7 Å². The second-order valence-corrected chi connectivity index (χ2v) is 7.80. The van der Waals surface area contributed by atoms with Gasteiger partial charge in [0, 0.05) is 6.42 Å². The molecule has 3 aromatic rings. The van der Waals surface area contributed by atoms with Crippen LogP contribution in [0.5, 0.6) is 0 Å². The molecule has 1 aliphatic heterocycles. The predicted molar refractivity (Wildman–Crippen MR) is 110 cm³/mol. The Bertz CT molecular complexity index is 1010. The Morgan fingerprint density at radius 2 is 1.97 bits per heavy atom. The van der Waals surface area contributed by atoms with E-state index in [0.717, 1.165) is 12.0 Å². The third-order valence-electron chi connectivity index (χ3n) is 5.99. The molecule has 1 aromatic carbocycles. The SMILES string of the molecule is CCCC[C@@]1(O)[C@H](O)[C@@H](CO)O[C@@]1(Cc1ccccc1)n1cnc2c(N)ncnc21. The van der Waals surface area contributed by atoms with Crippen molar-refractivity contribution in [2.24, 2.45) is 0 Å². The van der Waals surface area contributed by atoms with E-state index in [1.54, 1.807) is 4.57 Å². The molecule has 9 nitrogen and oxygen atoms in total. The first kappa shape index (κ1) is 20.7.